The SMILES string of the molecule is COCCNC(=O)Cc1csc2nc(-c3cc(OC)ccc3OC)cn12. The van der Waals surface area contributed by atoms with Crippen molar-refractivity contribution in [2.45, 2.75) is 6.42 Å². The zero-order chi connectivity index (χ0) is 18.5. The fourth-order valence-corrected chi connectivity index (χ4v) is 3.49. The monoisotopic (exact) mass is 375 g/mol. The van der Waals surface area contributed by atoms with Crippen LogP contribution in [0.15, 0.2) is 29.8 Å². The first kappa shape index (κ1) is 18.2. The van der Waals surface area contributed by atoms with Crippen LogP contribution in [0.4, 0.5) is 0 Å². The van der Waals surface area contributed by atoms with Crippen LogP contribution in [0.25, 0.3) is 16.2 Å². The Hall–Kier alpha value is -2.58. The molecule has 2 aromatic heterocycles. The number of hydrogen-bond acceptors (Lipinski definition) is 6. The van der Waals surface area contributed by atoms with Gasteiger partial charge in [0.15, 0.2) is 4.96 Å². The van der Waals surface area contributed by atoms with Crippen LogP contribution in [-0.2, 0) is 16.0 Å². The minimum atomic E-state index is -0.0454. The number of imidazole rings is 1. The molecular formula is C18H21N3O4S. The Morgan fingerprint density at radius 3 is 2.85 bits per heavy atom. The Labute approximate surface area is 155 Å². The van der Waals surface area contributed by atoms with E-state index in [0.29, 0.717) is 13.2 Å². The van der Waals surface area contributed by atoms with Gasteiger partial charge in [-0.2, -0.15) is 0 Å². The molecule has 1 aromatic carbocycles. The number of ether oxygens (including phenoxy) is 3. The lowest BCUT2D eigenvalue weighted by Crippen LogP contribution is -2.28. The lowest BCUT2D eigenvalue weighted by atomic mass is 10.1. The van der Waals surface area contributed by atoms with Crippen LogP contribution >= 0.6 is 11.3 Å². The smallest absolute Gasteiger partial charge is 0.226 e. The molecule has 1 N–H and O–H groups in total. The molecule has 0 bridgehead atoms. The fraction of sp³-hybridized carbons (Fsp3) is 0.333. The van der Waals surface area contributed by atoms with Crippen molar-refractivity contribution >= 4 is 22.2 Å². The molecule has 8 heteroatoms. The number of carbonyl (C=O) groups is 1. The van der Waals surface area contributed by atoms with Gasteiger partial charge in [0.05, 0.1) is 32.9 Å². The summed E-state index contributed by atoms with van der Waals surface area (Å²) in [7, 11) is 4.85. The highest BCUT2D eigenvalue weighted by molar-refractivity contribution is 7.15. The maximum Gasteiger partial charge on any atom is 0.226 e. The summed E-state index contributed by atoms with van der Waals surface area (Å²) in [6.45, 7) is 0.994. The Kier molecular flexibility index (Phi) is 5.75. The third-order valence-corrected chi connectivity index (χ3v) is 4.82. The van der Waals surface area contributed by atoms with Crippen molar-refractivity contribution in [3.8, 4) is 22.8 Å². The van der Waals surface area contributed by atoms with Gasteiger partial charge in [0.2, 0.25) is 5.91 Å². The lowest BCUT2D eigenvalue weighted by Gasteiger charge is -2.08. The van der Waals surface area contributed by atoms with E-state index in [2.05, 4.69) is 10.3 Å². The van der Waals surface area contributed by atoms with Crippen molar-refractivity contribution in [1.82, 2.24) is 14.7 Å². The summed E-state index contributed by atoms with van der Waals surface area (Å²) in [6, 6.07) is 5.59. The van der Waals surface area contributed by atoms with Gasteiger partial charge in [-0.1, -0.05) is 0 Å². The number of benzene rings is 1. The van der Waals surface area contributed by atoms with Crippen molar-refractivity contribution in [2.75, 3.05) is 34.5 Å². The molecule has 0 fully saturated rings. The van der Waals surface area contributed by atoms with Crippen molar-refractivity contribution in [2.24, 2.45) is 0 Å². The fourth-order valence-electron chi connectivity index (χ4n) is 2.62. The van der Waals surface area contributed by atoms with Gasteiger partial charge in [-0.3, -0.25) is 9.20 Å². The first-order chi connectivity index (χ1) is 12.7. The second-order valence-electron chi connectivity index (χ2n) is 5.59. The molecule has 0 unspecified atom stereocenters. The molecule has 0 aliphatic rings. The van der Waals surface area contributed by atoms with Crippen LogP contribution in [0.5, 0.6) is 11.5 Å². The first-order valence-electron chi connectivity index (χ1n) is 8.09. The van der Waals surface area contributed by atoms with Crippen LogP contribution in [0.2, 0.25) is 0 Å². The van der Waals surface area contributed by atoms with E-state index in [1.54, 1.807) is 21.3 Å². The molecule has 1 amide bonds. The predicted octanol–water partition coefficient (Wildman–Crippen LogP) is 2.39. The van der Waals surface area contributed by atoms with Crippen molar-refractivity contribution in [3.63, 3.8) is 0 Å². The van der Waals surface area contributed by atoms with Gasteiger partial charge >= 0.3 is 0 Å². The molecule has 3 rings (SSSR count). The molecule has 0 aliphatic carbocycles. The number of amides is 1. The third kappa shape index (κ3) is 3.81. The lowest BCUT2D eigenvalue weighted by molar-refractivity contribution is -0.120. The van der Waals surface area contributed by atoms with Gasteiger partial charge < -0.3 is 19.5 Å². The second kappa shape index (κ2) is 8.20. The van der Waals surface area contributed by atoms with Gasteiger partial charge in [0, 0.05) is 36.5 Å². The number of aromatic nitrogens is 2. The quantitative estimate of drug-likeness (QED) is 0.612. The average molecular weight is 375 g/mol. The molecule has 7 nitrogen and oxygen atoms in total. The van der Waals surface area contributed by atoms with Crippen LogP contribution in [0, 0.1) is 0 Å². The molecule has 3 aromatic rings. The molecule has 0 aliphatic heterocycles. The Morgan fingerprint density at radius 2 is 2.12 bits per heavy atom. The average Bonchev–Trinajstić information content (AvgIpc) is 3.23. The molecule has 0 radical (unpaired) electrons. The predicted molar refractivity (Wildman–Crippen MR) is 100 cm³/mol. The van der Waals surface area contributed by atoms with Crippen LogP contribution in [0.1, 0.15) is 5.69 Å². The van der Waals surface area contributed by atoms with E-state index >= 15 is 0 Å². The molecule has 138 valence electrons. The molecule has 0 atom stereocenters. The number of methoxy groups -OCH3 is 3. The maximum absolute atomic E-state index is 12.1. The molecule has 0 saturated heterocycles. The summed E-state index contributed by atoms with van der Waals surface area (Å²) in [5.41, 5.74) is 2.51. The summed E-state index contributed by atoms with van der Waals surface area (Å²) >= 11 is 1.50. The highest BCUT2D eigenvalue weighted by atomic mass is 32.1. The van der Waals surface area contributed by atoms with Gasteiger partial charge in [-0.15, -0.1) is 11.3 Å². The largest absolute Gasteiger partial charge is 0.497 e. The van der Waals surface area contributed by atoms with Gasteiger partial charge in [0.1, 0.15) is 11.5 Å². The van der Waals surface area contributed by atoms with Crippen LogP contribution in [-0.4, -0.2) is 49.8 Å². The van der Waals surface area contributed by atoms with Crippen LogP contribution in [0.3, 0.4) is 0 Å². The topological polar surface area (TPSA) is 74.1 Å². The molecule has 0 spiro atoms. The van der Waals surface area contributed by atoms with E-state index < -0.39 is 0 Å². The zero-order valence-corrected chi connectivity index (χ0v) is 15.8. The van der Waals surface area contributed by atoms with E-state index in [1.807, 2.05) is 34.2 Å². The number of thiazole rings is 1. The van der Waals surface area contributed by atoms with E-state index in [9.17, 15) is 4.79 Å². The summed E-state index contributed by atoms with van der Waals surface area (Å²) < 4.78 is 17.6. The van der Waals surface area contributed by atoms with E-state index in [4.69, 9.17) is 14.2 Å². The zero-order valence-electron chi connectivity index (χ0n) is 14.9. The molecular weight excluding hydrogens is 354 g/mol. The highest BCUT2D eigenvalue weighted by Crippen LogP contribution is 2.34. The van der Waals surface area contributed by atoms with E-state index in [0.717, 1.165) is 33.4 Å². The molecule has 2 heterocycles. The second-order valence-corrected chi connectivity index (χ2v) is 6.43. The number of nitrogens with zero attached hydrogens (tertiary/aromatic N) is 2. The molecule has 26 heavy (non-hydrogen) atoms. The summed E-state index contributed by atoms with van der Waals surface area (Å²) in [5, 5.41) is 4.78. The normalized spacial score (nSPS) is 10.9. The minimum Gasteiger partial charge on any atom is -0.497 e. The standard InChI is InChI=1S/C18H21N3O4S/c1-23-7-6-19-17(22)8-12-11-26-18-20-15(10-21(12)18)14-9-13(24-2)4-5-16(14)25-3/h4-5,9-11H,6-8H2,1-3H3,(H,19,22). The first-order valence-corrected chi connectivity index (χ1v) is 8.97. The van der Waals surface area contributed by atoms with Crippen molar-refractivity contribution in [1.29, 1.82) is 0 Å². The number of nitrogens with one attached hydrogen (secondary N) is 1. The number of fused-ring (bicyclic) bond motifs is 1. The van der Waals surface area contributed by atoms with E-state index in [-0.39, 0.29) is 12.3 Å². The van der Waals surface area contributed by atoms with Crippen molar-refractivity contribution < 1.29 is 19.0 Å². The van der Waals surface area contributed by atoms with Crippen molar-refractivity contribution in [3.05, 3.63) is 35.5 Å². The minimum absolute atomic E-state index is 0.0454. The number of hydrogen-bond donors (Lipinski definition) is 1. The molecule has 0 saturated carbocycles. The van der Waals surface area contributed by atoms with Crippen LogP contribution < -0.4 is 14.8 Å². The number of rotatable bonds is 8. The van der Waals surface area contributed by atoms with Gasteiger partial charge in [0.25, 0.3) is 0 Å². The maximum atomic E-state index is 12.1. The highest BCUT2D eigenvalue weighted by Gasteiger charge is 2.15. The van der Waals surface area contributed by atoms with Gasteiger partial charge in [-0.05, 0) is 18.2 Å². The van der Waals surface area contributed by atoms with E-state index in [1.165, 1.54) is 11.3 Å². The Morgan fingerprint density at radius 1 is 1.27 bits per heavy atom. The summed E-state index contributed by atoms with van der Waals surface area (Å²) in [4.78, 5) is 17.5. The Balaban J connectivity index is 1.87. The Bertz CT molecular complexity index is 903. The summed E-state index contributed by atoms with van der Waals surface area (Å²) in [5.74, 6) is 1.40. The number of carbonyl (C=O) groups excluding carboxylic acids is 1. The summed E-state index contributed by atoms with van der Waals surface area (Å²) in [6.07, 6.45) is 2.20. The van der Waals surface area contributed by atoms with Gasteiger partial charge in [-0.25, -0.2) is 4.98 Å². The third-order valence-electron chi connectivity index (χ3n) is 3.94.